The van der Waals surface area contributed by atoms with E-state index in [2.05, 4.69) is 5.32 Å². The average molecular weight is 235 g/mol. The van der Waals surface area contributed by atoms with E-state index in [1.54, 1.807) is 12.1 Å². The lowest BCUT2D eigenvalue weighted by molar-refractivity contribution is -0.147. The van der Waals surface area contributed by atoms with Crippen LogP contribution in [0, 0.1) is 0 Å². The smallest absolute Gasteiger partial charge is 0.337 e. The molecule has 0 bridgehead atoms. The molecule has 0 spiro atoms. The van der Waals surface area contributed by atoms with Gasteiger partial charge in [0.1, 0.15) is 0 Å². The fraction of sp³-hybridized carbons (Fsp3) is 0.462. The van der Waals surface area contributed by atoms with Gasteiger partial charge in [-0.15, -0.1) is 0 Å². The fourth-order valence-corrected chi connectivity index (χ4v) is 2.40. The van der Waals surface area contributed by atoms with Gasteiger partial charge in [-0.25, -0.2) is 4.79 Å². The molecule has 3 N–H and O–H groups in total. The Morgan fingerprint density at radius 1 is 1.29 bits per heavy atom. The van der Waals surface area contributed by atoms with Gasteiger partial charge in [0.25, 0.3) is 0 Å². The van der Waals surface area contributed by atoms with Crippen molar-refractivity contribution in [2.45, 2.75) is 24.9 Å². The van der Waals surface area contributed by atoms with E-state index in [-0.39, 0.29) is 0 Å². The van der Waals surface area contributed by atoms with E-state index in [1.165, 1.54) is 0 Å². The van der Waals surface area contributed by atoms with E-state index in [0.29, 0.717) is 11.5 Å². The van der Waals surface area contributed by atoms with Crippen LogP contribution >= 0.6 is 0 Å². The summed E-state index contributed by atoms with van der Waals surface area (Å²) in [5, 5.41) is 21.9. The van der Waals surface area contributed by atoms with E-state index in [4.69, 9.17) is 5.11 Å². The second kappa shape index (κ2) is 5.29. The monoisotopic (exact) mass is 235 g/mol. The predicted octanol–water partition coefficient (Wildman–Crippen LogP) is 1.27. The summed E-state index contributed by atoms with van der Waals surface area (Å²) in [6.07, 6.45) is 0.563. The molecule has 1 aliphatic rings. The Labute approximate surface area is 100 Å². The number of benzene rings is 1. The maximum Gasteiger partial charge on any atom is 0.337 e. The number of carboxylic acids is 1. The molecule has 0 aliphatic carbocycles. The van der Waals surface area contributed by atoms with E-state index in [1.807, 2.05) is 12.1 Å². The normalized spacial score (nSPS) is 18.9. The second-order valence-electron chi connectivity index (χ2n) is 4.39. The van der Waals surface area contributed by atoms with Crippen molar-refractivity contribution in [1.82, 2.24) is 5.32 Å². The van der Waals surface area contributed by atoms with Crippen molar-refractivity contribution >= 4 is 5.97 Å². The topological polar surface area (TPSA) is 69.6 Å². The minimum atomic E-state index is -1.42. The van der Waals surface area contributed by atoms with Crippen LogP contribution in [0.5, 0.6) is 0 Å². The molecule has 0 amide bonds. The van der Waals surface area contributed by atoms with Crippen molar-refractivity contribution < 1.29 is 15.0 Å². The first kappa shape index (κ1) is 12.1. The minimum absolute atomic E-state index is 0.349. The quantitative estimate of drug-likeness (QED) is 0.738. The van der Waals surface area contributed by atoms with Crippen LogP contribution in [0.3, 0.4) is 0 Å². The molecule has 1 atom stereocenters. The molecule has 1 aromatic rings. The summed E-state index contributed by atoms with van der Waals surface area (Å²) in [6.45, 7) is 1.89. The summed E-state index contributed by atoms with van der Waals surface area (Å²) in [5.74, 6) is -0.840. The molecule has 2 rings (SSSR count). The van der Waals surface area contributed by atoms with Gasteiger partial charge in [0.05, 0.1) is 0 Å². The molecular formula is C13H17NO3. The third-order valence-corrected chi connectivity index (χ3v) is 3.30. The number of aliphatic hydroxyl groups is 1. The van der Waals surface area contributed by atoms with E-state index in [9.17, 15) is 9.90 Å². The molecule has 0 radical (unpaired) electrons. The third-order valence-electron chi connectivity index (χ3n) is 3.30. The Bertz CT molecular complexity index is 399. The van der Waals surface area contributed by atoms with Crippen LogP contribution < -0.4 is 5.32 Å². The highest BCUT2D eigenvalue weighted by Crippen LogP contribution is 2.31. The van der Waals surface area contributed by atoms with Gasteiger partial charge in [-0.2, -0.15) is 0 Å². The molecular weight excluding hydrogens is 218 g/mol. The highest BCUT2D eigenvalue weighted by atomic mass is 16.4. The number of aliphatic hydroxyl groups excluding tert-OH is 1. The van der Waals surface area contributed by atoms with Crippen molar-refractivity contribution in [2.24, 2.45) is 0 Å². The lowest BCUT2D eigenvalue weighted by Crippen LogP contribution is -2.27. The van der Waals surface area contributed by atoms with E-state index >= 15 is 0 Å². The summed E-state index contributed by atoms with van der Waals surface area (Å²) in [5.41, 5.74) is 1.51. The lowest BCUT2D eigenvalue weighted by Gasteiger charge is -2.25. The summed E-state index contributed by atoms with van der Waals surface area (Å²) < 4.78 is 0. The number of nitrogens with one attached hydrogen (secondary N) is 1. The van der Waals surface area contributed by atoms with Crippen LogP contribution in [0.15, 0.2) is 24.3 Å². The molecule has 1 saturated heterocycles. The highest BCUT2D eigenvalue weighted by molar-refractivity contribution is 5.74. The molecule has 0 aromatic heterocycles. The minimum Gasteiger partial charge on any atom is -0.479 e. The average Bonchev–Trinajstić information content (AvgIpc) is 2.39. The predicted molar refractivity (Wildman–Crippen MR) is 63.9 cm³/mol. The molecule has 17 heavy (non-hydrogen) atoms. The van der Waals surface area contributed by atoms with Gasteiger partial charge >= 0.3 is 5.97 Å². The number of hydrogen-bond donors (Lipinski definition) is 3. The van der Waals surface area contributed by atoms with Crippen LogP contribution in [0.25, 0.3) is 0 Å². The molecule has 92 valence electrons. The van der Waals surface area contributed by atoms with Crippen molar-refractivity contribution in [3.05, 3.63) is 35.4 Å². The number of carbonyl (C=O) groups is 1. The first-order chi connectivity index (χ1) is 8.20. The molecule has 1 aromatic carbocycles. The number of aliphatic carboxylic acids is 1. The molecule has 1 aliphatic heterocycles. The summed E-state index contributed by atoms with van der Waals surface area (Å²) in [4.78, 5) is 10.9. The second-order valence-corrected chi connectivity index (χ2v) is 4.39. The first-order valence-electron chi connectivity index (χ1n) is 5.90. The highest BCUT2D eigenvalue weighted by Gasteiger charge is 2.24. The molecule has 4 nitrogen and oxygen atoms in total. The standard InChI is InChI=1S/C13H17NO3/c15-12(13(16)17)11-4-2-1-3-10(11)9-5-7-14-8-6-9/h1-4,9,12,14-15H,5-8H2,(H,16,17). The maximum absolute atomic E-state index is 10.9. The zero-order valence-corrected chi connectivity index (χ0v) is 9.60. The zero-order chi connectivity index (χ0) is 12.3. The van der Waals surface area contributed by atoms with Crippen LogP contribution in [0.2, 0.25) is 0 Å². The Balaban J connectivity index is 2.29. The number of rotatable bonds is 3. The van der Waals surface area contributed by atoms with Crippen LogP contribution in [0.4, 0.5) is 0 Å². The van der Waals surface area contributed by atoms with Crippen molar-refractivity contribution in [2.75, 3.05) is 13.1 Å². The first-order valence-corrected chi connectivity index (χ1v) is 5.90. The molecule has 1 unspecified atom stereocenters. The van der Waals surface area contributed by atoms with Crippen LogP contribution in [-0.4, -0.2) is 29.3 Å². The number of carboxylic acid groups (broad SMARTS) is 1. The Morgan fingerprint density at radius 2 is 1.94 bits per heavy atom. The fourth-order valence-electron chi connectivity index (χ4n) is 2.40. The van der Waals surface area contributed by atoms with Crippen molar-refractivity contribution in [1.29, 1.82) is 0 Å². The van der Waals surface area contributed by atoms with Gasteiger partial charge in [0, 0.05) is 0 Å². The van der Waals surface area contributed by atoms with Crippen molar-refractivity contribution in [3.8, 4) is 0 Å². The van der Waals surface area contributed by atoms with Crippen LogP contribution in [0.1, 0.15) is 36.0 Å². The van der Waals surface area contributed by atoms with Crippen LogP contribution in [-0.2, 0) is 4.79 Å². The van der Waals surface area contributed by atoms with Gasteiger partial charge in [-0.05, 0) is 43.0 Å². The Morgan fingerprint density at radius 3 is 2.59 bits per heavy atom. The summed E-state index contributed by atoms with van der Waals surface area (Å²) >= 11 is 0. The number of hydrogen-bond acceptors (Lipinski definition) is 3. The molecule has 4 heteroatoms. The van der Waals surface area contributed by atoms with Gasteiger partial charge in [-0.3, -0.25) is 0 Å². The zero-order valence-electron chi connectivity index (χ0n) is 9.60. The summed E-state index contributed by atoms with van der Waals surface area (Å²) in [6, 6.07) is 7.30. The Kier molecular flexibility index (Phi) is 3.76. The number of piperidine rings is 1. The van der Waals surface area contributed by atoms with Gasteiger partial charge in [0.2, 0.25) is 0 Å². The van der Waals surface area contributed by atoms with E-state index in [0.717, 1.165) is 31.5 Å². The van der Waals surface area contributed by atoms with Crippen molar-refractivity contribution in [3.63, 3.8) is 0 Å². The SMILES string of the molecule is O=C(O)C(O)c1ccccc1C1CCNCC1. The lowest BCUT2D eigenvalue weighted by atomic mass is 9.85. The largest absolute Gasteiger partial charge is 0.479 e. The molecule has 1 fully saturated rings. The van der Waals surface area contributed by atoms with E-state index < -0.39 is 12.1 Å². The third kappa shape index (κ3) is 2.65. The maximum atomic E-state index is 10.9. The molecule has 1 heterocycles. The van der Waals surface area contributed by atoms with Gasteiger partial charge in [-0.1, -0.05) is 24.3 Å². The van der Waals surface area contributed by atoms with Gasteiger partial charge in [0.15, 0.2) is 6.10 Å². The summed E-state index contributed by atoms with van der Waals surface area (Å²) in [7, 11) is 0. The molecule has 0 saturated carbocycles. The Hall–Kier alpha value is -1.39. The van der Waals surface area contributed by atoms with Gasteiger partial charge < -0.3 is 15.5 Å².